The third-order valence-corrected chi connectivity index (χ3v) is 2.69. The lowest BCUT2D eigenvalue weighted by atomic mass is 10.8. The van der Waals surface area contributed by atoms with Gasteiger partial charge in [0.25, 0.3) is 0 Å². The molecule has 0 aromatic rings. The molecule has 0 amide bonds. The van der Waals surface area contributed by atoms with Crippen LogP contribution in [0.1, 0.15) is 13.8 Å². The van der Waals surface area contributed by atoms with Crippen molar-refractivity contribution in [3.63, 3.8) is 0 Å². The van der Waals surface area contributed by atoms with Crippen molar-refractivity contribution in [3.05, 3.63) is 0 Å². The highest BCUT2D eigenvalue weighted by Crippen LogP contribution is 2.22. The van der Waals surface area contributed by atoms with Crippen molar-refractivity contribution in [2.24, 2.45) is 0 Å². The van der Waals surface area contributed by atoms with Gasteiger partial charge >= 0.3 is 0 Å². The van der Waals surface area contributed by atoms with Crippen LogP contribution in [0, 0.1) is 0 Å². The van der Waals surface area contributed by atoms with Crippen LogP contribution < -0.4 is 0 Å². The fourth-order valence-corrected chi connectivity index (χ4v) is 1.81. The summed E-state index contributed by atoms with van der Waals surface area (Å²) in [5.74, 6) is 0.973. The first-order valence-corrected chi connectivity index (χ1v) is 5.15. The number of thioether (sulfide) groups is 1. The summed E-state index contributed by atoms with van der Waals surface area (Å²) in [6, 6.07) is 0. The molecule has 0 aliphatic heterocycles. The number of rotatable bonds is 5. The van der Waals surface area contributed by atoms with E-state index in [9.17, 15) is 0 Å². The molecule has 0 aromatic carbocycles. The second-order valence-corrected chi connectivity index (χ2v) is 4.15. The molecule has 0 saturated carbocycles. The van der Waals surface area contributed by atoms with Gasteiger partial charge < -0.3 is 4.74 Å². The molecule has 1 unspecified atom stereocenters. The fraction of sp³-hybridized carbons (Fsp3) is 1.00. The first-order chi connectivity index (χ1) is 4.72. The third-order valence-electron chi connectivity index (χ3n) is 0.868. The van der Waals surface area contributed by atoms with Gasteiger partial charge in [-0.05, 0) is 12.7 Å². The Hall–Kier alpha value is 0.890. The van der Waals surface area contributed by atoms with Crippen molar-refractivity contribution in [2.45, 2.75) is 24.1 Å². The van der Waals surface area contributed by atoms with E-state index < -0.39 is 4.84 Å². The summed E-state index contributed by atoms with van der Waals surface area (Å²) in [4.78, 5) is -0.426. The van der Waals surface area contributed by atoms with Crippen LogP contribution in [0.2, 0.25) is 0 Å². The Morgan fingerprint density at radius 2 is 2.00 bits per heavy atom. The van der Waals surface area contributed by atoms with Gasteiger partial charge in [-0.1, -0.05) is 6.92 Å². The molecule has 10 heavy (non-hydrogen) atoms. The minimum atomic E-state index is -0.426. The van der Waals surface area contributed by atoms with Crippen molar-refractivity contribution in [1.82, 2.24) is 0 Å². The van der Waals surface area contributed by atoms with Crippen LogP contribution in [0.3, 0.4) is 0 Å². The van der Waals surface area contributed by atoms with Gasteiger partial charge in [0.2, 0.25) is 0 Å². The normalized spacial score (nSPS) is 14.1. The molecular weight excluding hydrogens is 191 g/mol. The molecule has 0 fully saturated rings. The molecule has 0 rings (SSSR count). The number of hydrogen-bond acceptors (Lipinski definition) is 2. The van der Waals surface area contributed by atoms with Crippen LogP contribution in [0.25, 0.3) is 0 Å². The fourth-order valence-electron chi connectivity index (χ4n) is 0.522. The molecule has 0 heterocycles. The Balaban J connectivity index is 3.50. The molecule has 0 aromatic heterocycles. The first-order valence-electron chi connectivity index (χ1n) is 3.23. The largest absolute Gasteiger partial charge is 0.365 e. The average Bonchev–Trinajstić information content (AvgIpc) is 1.87. The van der Waals surface area contributed by atoms with Crippen molar-refractivity contribution < 1.29 is 4.74 Å². The van der Waals surface area contributed by atoms with E-state index in [0.29, 0.717) is 6.61 Å². The molecule has 0 spiro atoms. The Labute approximate surface area is 76.4 Å². The monoisotopic (exact) mass is 202 g/mol. The maximum Gasteiger partial charge on any atom is 0.143 e. The minimum Gasteiger partial charge on any atom is -0.365 e. The summed E-state index contributed by atoms with van der Waals surface area (Å²) in [6.45, 7) is 4.64. The highest BCUT2D eigenvalue weighted by molar-refractivity contribution is 7.99. The van der Waals surface area contributed by atoms with E-state index in [0.717, 1.165) is 5.75 Å². The number of alkyl halides is 2. The van der Waals surface area contributed by atoms with E-state index in [2.05, 4.69) is 0 Å². The third kappa shape index (κ3) is 4.67. The number of hydrogen-bond donors (Lipinski definition) is 0. The molecule has 0 bridgehead atoms. The van der Waals surface area contributed by atoms with Gasteiger partial charge in [0, 0.05) is 6.61 Å². The summed E-state index contributed by atoms with van der Waals surface area (Å²) in [6.07, 6.45) is 0. The predicted octanol–water partition coefficient (Wildman–Crippen LogP) is 2.91. The number of halogens is 2. The molecule has 0 saturated heterocycles. The lowest BCUT2D eigenvalue weighted by molar-refractivity contribution is 0.133. The Kier molecular flexibility index (Phi) is 7.18. The summed E-state index contributed by atoms with van der Waals surface area (Å²) in [5.41, 5.74) is -0.0710. The van der Waals surface area contributed by atoms with E-state index in [-0.39, 0.29) is 5.44 Å². The number of ether oxygens (including phenoxy) is 1. The first kappa shape index (κ1) is 10.9. The van der Waals surface area contributed by atoms with Gasteiger partial charge in [-0.15, -0.1) is 35.0 Å². The lowest BCUT2D eigenvalue weighted by Gasteiger charge is -2.15. The molecule has 1 nitrogen and oxygen atoms in total. The van der Waals surface area contributed by atoms with Crippen LogP contribution in [-0.2, 0) is 4.74 Å². The van der Waals surface area contributed by atoms with Crippen LogP contribution in [0.5, 0.6) is 0 Å². The Morgan fingerprint density at radius 1 is 1.40 bits per heavy atom. The summed E-state index contributed by atoms with van der Waals surface area (Å²) < 4.78 is 5.24. The second kappa shape index (κ2) is 6.59. The summed E-state index contributed by atoms with van der Waals surface area (Å²) >= 11 is 12.9. The Bertz CT molecular complexity index is 74.1. The van der Waals surface area contributed by atoms with Gasteiger partial charge in [0.15, 0.2) is 0 Å². The van der Waals surface area contributed by atoms with Crippen molar-refractivity contribution in [2.75, 3.05) is 12.4 Å². The highest BCUT2D eigenvalue weighted by atomic mass is 35.5. The van der Waals surface area contributed by atoms with E-state index in [1.807, 2.05) is 13.8 Å². The molecule has 0 aliphatic carbocycles. The molecule has 4 heteroatoms. The zero-order valence-corrected chi connectivity index (χ0v) is 8.47. The van der Waals surface area contributed by atoms with E-state index in [1.54, 1.807) is 11.8 Å². The van der Waals surface area contributed by atoms with E-state index in [1.165, 1.54) is 0 Å². The molecular formula is C6H12Cl2OS. The van der Waals surface area contributed by atoms with Crippen molar-refractivity contribution in [3.8, 4) is 0 Å². The van der Waals surface area contributed by atoms with Crippen molar-refractivity contribution in [1.29, 1.82) is 0 Å². The van der Waals surface area contributed by atoms with Crippen LogP contribution >= 0.6 is 35.0 Å². The quantitative estimate of drug-likeness (QED) is 0.501. The second-order valence-electron chi connectivity index (χ2n) is 1.61. The average molecular weight is 203 g/mol. The van der Waals surface area contributed by atoms with E-state index >= 15 is 0 Å². The smallest absolute Gasteiger partial charge is 0.143 e. The molecule has 62 valence electrons. The van der Waals surface area contributed by atoms with Gasteiger partial charge in [0.1, 0.15) is 10.3 Å². The van der Waals surface area contributed by atoms with Gasteiger partial charge in [0.05, 0.1) is 0 Å². The lowest BCUT2D eigenvalue weighted by Crippen LogP contribution is -2.16. The van der Waals surface area contributed by atoms with Crippen LogP contribution in [-0.4, -0.2) is 22.6 Å². The van der Waals surface area contributed by atoms with Gasteiger partial charge in [-0.3, -0.25) is 0 Å². The molecule has 0 N–H and O–H groups in total. The molecule has 0 radical (unpaired) electrons. The zero-order chi connectivity index (χ0) is 7.98. The zero-order valence-electron chi connectivity index (χ0n) is 6.14. The topological polar surface area (TPSA) is 9.23 Å². The van der Waals surface area contributed by atoms with E-state index in [4.69, 9.17) is 27.9 Å². The molecule has 0 aliphatic rings. The standard InChI is InChI=1S/C6H12Cl2OS/c1-3-9-6(5(7)8)10-4-2/h5-6H,3-4H2,1-2H3. The Morgan fingerprint density at radius 3 is 2.30 bits per heavy atom. The predicted molar refractivity (Wildman–Crippen MR) is 49.0 cm³/mol. The summed E-state index contributed by atoms with van der Waals surface area (Å²) in [5, 5.41) is 0. The summed E-state index contributed by atoms with van der Waals surface area (Å²) in [7, 11) is 0. The highest BCUT2D eigenvalue weighted by Gasteiger charge is 2.15. The maximum absolute atomic E-state index is 5.62. The van der Waals surface area contributed by atoms with Gasteiger partial charge in [-0.2, -0.15) is 0 Å². The SMILES string of the molecule is CCOC(SCC)C(Cl)Cl. The maximum atomic E-state index is 5.62. The van der Waals surface area contributed by atoms with Crippen LogP contribution in [0.15, 0.2) is 0 Å². The van der Waals surface area contributed by atoms with Gasteiger partial charge in [-0.25, -0.2) is 0 Å². The van der Waals surface area contributed by atoms with Crippen LogP contribution in [0.4, 0.5) is 0 Å². The molecule has 1 atom stereocenters. The van der Waals surface area contributed by atoms with Crippen molar-refractivity contribution >= 4 is 35.0 Å². The minimum absolute atomic E-state index is 0.0710.